The molecule has 1 aromatic heterocycles. The first-order valence-corrected chi connectivity index (χ1v) is 3.40. The number of aromatic nitrogens is 1. The Balaban J connectivity index is 2.85. The monoisotopic (exact) mass is 159 g/mol. The normalized spacial score (nSPS) is 9.60. The number of rotatable bonds is 2. The van der Waals surface area contributed by atoms with Crippen molar-refractivity contribution in [3.63, 3.8) is 0 Å². The fourth-order valence-corrected chi connectivity index (χ4v) is 1.21. The fourth-order valence-electron chi connectivity index (χ4n) is 0.535. The largest absolute Gasteiger partial charge is 0.480 e. The lowest BCUT2D eigenvalue weighted by atomic mass is 10.6. The maximum atomic E-state index is 10.7. The Hall–Kier alpha value is -1.10. The molecular formula is C5H5NO3S. The minimum absolute atomic E-state index is 0.240. The topological polar surface area (TPSA) is 59.3 Å². The summed E-state index contributed by atoms with van der Waals surface area (Å²) < 4.78 is 1.17. The molecule has 0 spiro atoms. The molecule has 54 valence electrons. The van der Waals surface area contributed by atoms with Gasteiger partial charge in [-0.15, -0.1) is 0 Å². The van der Waals surface area contributed by atoms with E-state index < -0.39 is 5.97 Å². The summed E-state index contributed by atoms with van der Waals surface area (Å²) in [6.07, 6.45) is 0. The van der Waals surface area contributed by atoms with Crippen LogP contribution in [0, 0.1) is 0 Å². The van der Waals surface area contributed by atoms with E-state index in [9.17, 15) is 9.59 Å². The summed E-state index contributed by atoms with van der Waals surface area (Å²) in [6.45, 7) is -0.240. The molecule has 1 aromatic rings. The first-order chi connectivity index (χ1) is 4.70. The van der Waals surface area contributed by atoms with Crippen LogP contribution < -0.4 is 5.56 Å². The number of carboxylic acids is 1. The Kier molecular flexibility index (Phi) is 1.86. The van der Waals surface area contributed by atoms with Crippen molar-refractivity contribution >= 4 is 17.5 Å². The molecule has 0 bridgehead atoms. The highest BCUT2D eigenvalue weighted by Crippen LogP contribution is 1.91. The molecule has 0 unspecified atom stereocenters. The van der Waals surface area contributed by atoms with Gasteiger partial charge < -0.3 is 5.11 Å². The van der Waals surface area contributed by atoms with Crippen molar-refractivity contribution in [1.82, 2.24) is 3.96 Å². The third-order valence-corrected chi connectivity index (χ3v) is 1.74. The molecule has 0 fully saturated rings. The predicted molar refractivity (Wildman–Crippen MR) is 36.2 cm³/mol. The van der Waals surface area contributed by atoms with Crippen LogP contribution in [0.4, 0.5) is 0 Å². The molecule has 0 aliphatic carbocycles. The molecule has 0 amide bonds. The highest BCUT2D eigenvalue weighted by Gasteiger charge is 2.00. The van der Waals surface area contributed by atoms with E-state index in [1.165, 1.54) is 10.0 Å². The Bertz CT molecular complexity index is 287. The standard InChI is InChI=1S/C5H5NO3S/c7-4-1-2-10-6(4)3-5(8)9/h1-2H,3H2,(H,8,9). The minimum Gasteiger partial charge on any atom is -0.480 e. The summed E-state index contributed by atoms with van der Waals surface area (Å²) in [4.78, 5) is 20.7. The lowest BCUT2D eigenvalue weighted by Gasteiger charge is -1.90. The van der Waals surface area contributed by atoms with Gasteiger partial charge in [0.2, 0.25) is 0 Å². The van der Waals surface area contributed by atoms with Crippen LogP contribution in [-0.2, 0) is 11.3 Å². The van der Waals surface area contributed by atoms with Gasteiger partial charge in [-0.2, -0.15) is 0 Å². The van der Waals surface area contributed by atoms with Crippen LogP contribution in [-0.4, -0.2) is 15.0 Å². The van der Waals surface area contributed by atoms with Crippen LogP contribution in [0.15, 0.2) is 16.2 Å². The average molecular weight is 159 g/mol. The first-order valence-electron chi connectivity index (χ1n) is 2.57. The van der Waals surface area contributed by atoms with E-state index >= 15 is 0 Å². The van der Waals surface area contributed by atoms with Crippen molar-refractivity contribution < 1.29 is 9.90 Å². The third kappa shape index (κ3) is 1.44. The van der Waals surface area contributed by atoms with Gasteiger partial charge in [-0.05, 0) is 0 Å². The van der Waals surface area contributed by atoms with E-state index in [4.69, 9.17) is 5.11 Å². The summed E-state index contributed by atoms with van der Waals surface area (Å²) in [5.74, 6) is -0.996. The minimum atomic E-state index is -0.996. The van der Waals surface area contributed by atoms with Crippen molar-refractivity contribution in [2.24, 2.45) is 0 Å². The number of carbonyl (C=O) groups is 1. The molecule has 1 heterocycles. The lowest BCUT2D eigenvalue weighted by molar-refractivity contribution is -0.137. The van der Waals surface area contributed by atoms with Crippen LogP contribution >= 0.6 is 11.5 Å². The quantitative estimate of drug-likeness (QED) is 0.660. The molecule has 10 heavy (non-hydrogen) atoms. The van der Waals surface area contributed by atoms with Crippen molar-refractivity contribution in [2.75, 3.05) is 0 Å². The van der Waals surface area contributed by atoms with Crippen LogP contribution in [0.25, 0.3) is 0 Å². The van der Waals surface area contributed by atoms with E-state index in [0.717, 1.165) is 11.5 Å². The maximum Gasteiger partial charge on any atom is 0.324 e. The van der Waals surface area contributed by atoms with Crippen molar-refractivity contribution in [2.45, 2.75) is 6.54 Å². The van der Waals surface area contributed by atoms with E-state index in [1.54, 1.807) is 5.38 Å². The zero-order valence-electron chi connectivity index (χ0n) is 4.98. The van der Waals surface area contributed by atoms with Gasteiger partial charge in [0.25, 0.3) is 5.56 Å². The van der Waals surface area contributed by atoms with Gasteiger partial charge in [-0.1, -0.05) is 11.5 Å². The van der Waals surface area contributed by atoms with Crippen LogP contribution in [0.1, 0.15) is 0 Å². The predicted octanol–water partition coefficient (Wildman–Crippen LogP) is -0.00560. The molecule has 0 saturated heterocycles. The lowest BCUT2D eigenvalue weighted by Crippen LogP contribution is -2.17. The van der Waals surface area contributed by atoms with Gasteiger partial charge in [0.1, 0.15) is 6.54 Å². The van der Waals surface area contributed by atoms with Crippen LogP contribution in [0.2, 0.25) is 0 Å². The number of hydrogen-bond acceptors (Lipinski definition) is 3. The third-order valence-electron chi connectivity index (χ3n) is 0.923. The fraction of sp³-hybridized carbons (Fsp3) is 0.200. The summed E-state index contributed by atoms with van der Waals surface area (Å²) >= 11 is 1.10. The zero-order valence-corrected chi connectivity index (χ0v) is 5.80. The smallest absolute Gasteiger partial charge is 0.324 e. The van der Waals surface area contributed by atoms with E-state index in [0.29, 0.717) is 0 Å². The van der Waals surface area contributed by atoms with E-state index in [1.807, 2.05) is 0 Å². The molecule has 0 aliphatic heterocycles. The second kappa shape index (κ2) is 2.66. The Morgan fingerprint density at radius 2 is 2.50 bits per heavy atom. The molecule has 0 aliphatic rings. The molecule has 0 radical (unpaired) electrons. The van der Waals surface area contributed by atoms with Crippen LogP contribution in [0.3, 0.4) is 0 Å². The van der Waals surface area contributed by atoms with Gasteiger partial charge in [-0.3, -0.25) is 13.5 Å². The van der Waals surface area contributed by atoms with Crippen molar-refractivity contribution in [3.8, 4) is 0 Å². The zero-order chi connectivity index (χ0) is 7.56. The molecule has 0 saturated carbocycles. The average Bonchev–Trinajstić information content (AvgIpc) is 2.15. The second-order valence-electron chi connectivity index (χ2n) is 1.68. The van der Waals surface area contributed by atoms with Crippen LogP contribution in [0.5, 0.6) is 0 Å². The molecule has 0 atom stereocenters. The van der Waals surface area contributed by atoms with Gasteiger partial charge in [-0.25, -0.2) is 0 Å². The number of hydrogen-bond donors (Lipinski definition) is 1. The van der Waals surface area contributed by atoms with Gasteiger partial charge >= 0.3 is 5.97 Å². The van der Waals surface area contributed by atoms with Gasteiger partial charge in [0, 0.05) is 11.4 Å². The Labute approximate surface area is 60.5 Å². The molecular weight excluding hydrogens is 154 g/mol. The van der Waals surface area contributed by atoms with Gasteiger partial charge in [0.15, 0.2) is 0 Å². The second-order valence-corrected chi connectivity index (χ2v) is 2.60. The molecule has 0 aromatic carbocycles. The summed E-state index contributed by atoms with van der Waals surface area (Å²) in [5.41, 5.74) is -0.257. The first kappa shape index (κ1) is 7.01. The molecule has 1 N–H and O–H groups in total. The van der Waals surface area contributed by atoms with Crippen molar-refractivity contribution in [1.29, 1.82) is 0 Å². The molecule has 1 rings (SSSR count). The highest BCUT2D eigenvalue weighted by molar-refractivity contribution is 7.04. The summed E-state index contributed by atoms with van der Waals surface area (Å²) in [5, 5.41) is 9.82. The van der Waals surface area contributed by atoms with E-state index in [2.05, 4.69) is 0 Å². The maximum absolute atomic E-state index is 10.7. The SMILES string of the molecule is O=C(O)Cn1sccc1=O. The Morgan fingerprint density at radius 1 is 1.80 bits per heavy atom. The summed E-state index contributed by atoms with van der Waals surface area (Å²) in [7, 11) is 0. The number of nitrogens with zero attached hydrogens (tertiary/aromatic N) is 1. The van der Waals surface area contributed by atoms with E-state index in [-0.39, 0.29) is 12.1 Å². The van der Waals surface area contributed by atoms with Crippen molar-refractivity contribution in [3.05, 3.63) is 21.8 Å². The molecule has 4 nitrogen and oxygen atoms in total. The highest BCUT2D eigenvalue weighted by atomic mass is 32.1. The number of aliphatic carboxylic acids is 1. The molecule has 5 heteroatoms. The number of carboxylic acid groups (broad SMARTS) is 1. The summed E-state index contributed by atoms with van der Waals surface area (Å²) in [6, 6.07) is 1.34. The van der Waals surface area contributed by atoms with Gasteiger partial charge in [0.05, 0.1) is 0 Å². The Morgan fingerprint density at radius 3 is 2.90 bits per heavy atom.